The highest BCUT2D eigenvalue weighted by Gasteiger charge is 2.33. The van der Waals surface area contributed by atoms with E-state index in [1.807, 2.05) is 105 Å². The highest BCUT2D eigenvalue weighted by atomic mass is 32.2. The second kappa shape index (κ2) is 15.9. The van der Waals surface area contributed by atoms with Gasteiger partial charge in [0, 0.05) is 19.0 Å². The molecule has 0 saturated heterocycles. The Bertz CT molecular complexity index is 1620. The van der Waals surface area contributed by atoms with Crippen molar-refractivity contribution in [3.8, 4) is 5.75 Å². The Hall–Kier alpha value is -4.63. The standard InChI is InChI=1S/C36H41N3O5S/c1-4-28(2)37-36(41)34(24-29-14-8-5-9-15-29)38(25-30-16-10-6-11-17-30)35(40)26-39(45(3,42)43)32-20-22-33(23-21-32)44-27-31-18-12-7-13-19-31/h5-23,28,34H,4,24-27H2,1-3H3,(H,37,41). The number of hydrogen-bond acceptors (Lipinski definition) is 5. The van der Waals surface area contributed by atoms with Gasteiger partial charge in [-0.2, -0.15) is 0 Å². The summed E-state index contributed by atoms with van der Waals surface area (Å²) in [4.78, 5) is 29.5. The van der Waals surface area contributed by atoms with Crippen LogP contribution in [0.25, 0.3) is 0 Å². The van der Waals surface area contributed by atoms with Gasteiger partial charge in [-0.3, -0.25) is 13.9 Å². The van der Waals surface area contributed by atoms with Gasteiger partial charge in [-0.05, 0) is 54.3 Å². The Morgan fingerprint density at radius 1 is 0.778 bits per heavy atom. The predicted molar refractivity (Wildman–Crippen MR) is 178 cm³/mol. The van der Waals surface area contributed by atoms with Gasteiger partial charge >= 0.3 is 0 Å². The van der Waals surface area contributed by atoms with Gasteiger partial charge in [0.15, 0.2) is 0 Å². The number of benzene rings is 4. The molecule has 45 heavy (non-hydrogen) atoms. The number of carbonyl (C=O) groups is 2. The van der Waals surface area contributed by atoms with Gasteiger partial charge in [0.2, 0.25) is 21.8 Å². The second-order valence-electron chi connectivity index (χ2n) is 11.1. The number of amides is 2. The number of nitrogens with one attached hydrogen (secondary N) is 1. The average molecular weight is 628 g/mol. The minimum Gasteiger partial charge on any atom is -0.489 e. The van der Waals surface area contributed by atoms with Crippen LogP contribution in [0.15, 0.2) is 115 Å². The molecule has 8 nitrogen and oxygen atoms in total. The quantitative estimate of drug-likeness (QED) is 0.186. The summed E-state index contributed by atoms with van der Waals surface area (Å²) >= 11 is 0. The molecule has 0 aliphatic carbocycles. The molecule has 0 aliphatic heterocycles. The topological polar surface area (TPSA) is 96.0 Å². The third kappa shape index (κ3) is 9.94. The Kier molecular flexibility index (Phi) is 11.8. The van der Waals surface area contributed by atoms with E-state index in [1.54, 1.807) is 24.3 Å². The smallest absolute Gasteiger partial charge is 0.244 e. The van der Waals surface area contributed by atoms with Crippen LogP contribution in [0, 0.1) is 0 Å². The Morgan fingerprint density at radius 2 is 1.31 bits per heavy atom. The van der Waals surface area contributed by atoms with Crippen LogP contribution in [0.3, 0.4) is 0 Å². The lowest BCUT2D eigenvalue weighted by Crippen LogP contribution is -2.54. The lowest BCUT2D eigenvalue weighted by molar-refractivity contribution is -0.140. The van der Waals surface area contributed by atoms with Gasteiger partial charge in [-0.25, -0.2) is 8.42 Å². The van der Waals surface area contributed by atoms with E-state index in [4.69, 9.17) is 4.74 Å². The maximum Gasteiger partial charge on any atom is 0.244 e. The van der Waals surface area contributed by atoms with Crippen molar-refractivity contribution in [3.63, 3.8) is 0 Å². The number of hydrogen-bond donors (Lipinski definition) is 1. The monoisotopic (exact) mass is 627 g/mol. The first kappa shape index (κ1) is 33.3. The van der Waals surface area contributed by atoms with Gasteiger partial charge in [0.05, 0.1) is 11.9 Å². The van der Waals surface area contributed by atoms with Crippen molar-refractivity contribution in [3.05, 3.63) is 132 Å². The molecule has 9 heteroatoms. The molecule has 0 aromatic heterocycles. The first-order valence-electron chi connectivity index (χ1n) is 15.1. The van der Waals surface area contributed by atoms with Crippen LogP contribution < -0.4 is 14.4 Å². The Morgan fingerprint density at radius 3 is 1.84 bits per heavy atom. The summed E-state index contributed by atoms with van der Waals surface area (Å²) in [5.74, 6) is -0.213. The molecular weight excluding hydrogens is 586 g/mol. The molecule has 2 atom stereocenters. The number of carbonyl (C=O) groups excluding carboxylic acids is 2. The molecule has 0 aliphatic rings. The van der Waals surface area contributed by atoms with Crippen LogP contribution in [-0.4, -0.2) is 50.0 Å². The zero-order valence-corrected chi connectivity index (χ0v) is 26.8. The average Bonchev–Trinajstić information content (AvgIpc) is 3.05. The van der Waals surface area contributed by atoms with Gasteiger partial charge in [0.1, 0.15) is 24.9 Å². The molecule has 0 bridgehead atoms. The number of nitrogens with zero attached hydrogens (tertiary/aromatic N) is 2. The van der Waals surface area contributed by atoms with Crippen molar-refractivity contribution in [1.29, 1.82) is 0 Å². The third-order valence-corrected chi connectivity index (χ3v) is 8.66. The van der Waals surface area contributed by atoms with Crippen molar-refractivity contribution in [2.45, 2.75) is 51.9 Å². The molecule has 2 amide bonds. The molecule has 0 radical (unpaired) electrons. The van der Waals surface area contributed by atoms with E-state index in [0.717, 1.165) is 33.7 Å². The number of rotatable bonds is 15. The van der Waals surface area contributed by atoms with Crippen molar-refractivity contribution in [1.82, 2.24) is 10.2 Å². The van der Waals surface area contributed by atoms with Crippen LogP contribution in [0.4, 0.5) is 5.69 Å². The van der Waals surface area contributed by atoms with Gasteiger partial charge in [-0.15, -0.1) is 0 Å². The fourth-order valence-corrected chi connectivity index (χ4v) is 5.69. The van der Waals surface area contributed by atoms with E-state index < -0.39 is 28.5 Å². The van der Waals surface area contributed by atoms with E-state index in [-0.39, 0.29) is 24.9 Å². The van der Waals surface area contributed by atoms with Crippen LogP contribution >= 0.6 is 0 Å². The maximum atomic E-state index is 14.2. The van der Waals surface area contributed by atoms with Crippen molar-refractivity contribution in [2.75, 3.05) is 17.1 Å². The third-order valence-electron chi connectivity index (χ3n) is 7.52. The van der Waals surface area contributed by atoms with Gasteiger partial charge < -0.3 is 15.0 Å². The van der Waals surface area contributed by atoms with Crippen molar-refractivity contribution >= 4 is 27.5 Å². The first-order valence-corrected chi connectivity index (χ1v) is 16.9. The maximum absolute atomic E-state index is 14.2. The van der Waals surface area contributed by atoms with Crippen LogP contribution in [0.2, 0.25) is 0 Å². The largest absolute Gasteiger partial charge is 0.489 e. The molecule has 0 saturated carbocycles. The zero-order chi connectivity index (χ0) is 32.2. The molecule has 4 rings (SSSR count). The van der Waals surface area contributed by atoms with E-state index in [2.05, 4.69) is 5.32 Å². The molecule has 1 N–H and O–H groups in total. The summed E-state index contributed by atoms with van der Waals surface area (Å²) in [5, 5.41) is 3.04. The van der Waals surface area contributed by atoms with Gasteiger partial charge in [-0.1, -0.05) is 97.9 Å². The summed E-state index contributed by atoms with van der Waals surface area (Å²) in [5.41, 5.74) is 3.04. The molecular formula is C36H41N3O5S. The number of sulfonamides is 1. The first-order chi connectivity index (χ1) is 21.6. The van der Waals surface area contributed by atoms with Crippen molar-refractivity contribution in [2.24, 2.45) is 0 Å². The summed E-state index contributed by atoms with van der Waals surface area (Å²) in [6.45, 7) is 3.92. The SMILES string of the molecule is CCC(C)NC(=O)C(Cc1ccccc1)N(Cc1ccccc1)C(=O)CN(c1ccc(OCc2ccccc2)cc1)S(C)(=O)=O. The Balaban J connectivity index is 1.63. The molecule has 0 fully saturated rings. The van der Waals surface area contributed by atoms with Crippen LogP contribution in [0.1, 0.15) is 37.0 Å². The predicted octanol–water partition coefficient (Wildman–Crippen LogP) is 5.59. The van der Waals surface area contributed by atoms with Crippen LogP contribution in [-0.2, 0) is 39.2 Å². The minimum atomic E-state index is -3.87. The molecule has 4 aromatic rings. The second-order valence-corrected chi connectivity index (χ2v) is 13.0. The summed E-state index contributed by atoms with van der Waals surface area (Å²) in [6.07, 6.45) is 2.07. The highest BCUT2D eigenvalue weighted by molar-refractivity contribution is 7.92. The lowest BCUT2D eigenvalue weighted by Gasteiger charge is -2.34. The van der Waals surface area contributed by atoms with E-state index in [9.17, 15) is 18.0 Å². The number of anilines is 1. The zero-order valence-electron chi connectivity index (χ0n) is 26.0. The number of ether oxygens (including phenoxy) is 1. The van der Waals surface area contributed by atoms with Crippen molar-refractivity contribution < 1.29 is 22.7 Å². The summed E-state index contributed by atoms with van der Waals surface area (Å²) in [7, 11) is -3.87. The molecule has 2 unspecified atom stereocenters. The summed E-state index contributed by atoms with van der Waals surface area (Å²) < 4.78 is 33.1. The molecule has 4 aromatic carbocycles. The normalized spacial score (nSPS) is 12.5. The lowest BCUT2D eigenvalue weighted by atomic mass is 10.0. The molecule has 0 heterocycles. The fraction of sp³-hybridized carbons (Fsp3) is 0.278. The highest BCUT2D eigenvalue weighted by Crippen LogP contribution is 2.24. The van der Waals surface area contributed by atoms with E-state index in [0.29, 0.717) is 18.0 Å². The Labute approximate surface area is 266 Å². The fourth-order valence-electron chi connectivity index (χ4n) is 4.84. The van der Waals surface area contributed by atoms with Crippen LogP contribution in [0.5, 0.6) is 5.75 Å². The van der Waals surface area contributed by atoms with Gasteiger partial charge in [0.25, 0.3) is 0 Å². The molecule has 236 valence electrons. The van der Waals surface area contributed by atoms with E-state index >= 15 is 0 Å². The van der Waals surface area contributed by atoms with E-state index in [1.165, 1.54) is 4.90 Å². The minimum absolute atomic E-state index is 0.0976. The molecule has 0 spiro atoms. The summed E-state index contributed by atoms with van der Waals surface area (Å²) in [6, 6.07) is 34.2.